The Morgan fingerprint density at radius 3 is 2.15 bits per heavy atom. The summed E-state index contributed by atoms with van der Waals surface area (Å²) in [7, 11) is 0. The lowest BCUT2D eigenvalue weighted by atomic mass is 9.83. The highest BCUT2D eigenvalue weighted by Crippen LogP contribution is 2.47. The van der Waals surface area contributed by atoms with E-state index in [1.165, 1.54) is 36.0 Å². The fraction of sp³-hybridized carbons (Fsp3) is 0.250. The zero-order valence-electron chi connectivity index (χ0n) is 18.2. The van der Waals surface area contributed by atoms with Crippen LogP contribution in [0.1, 0.15) is 48.4 Å². The van der Waals surface area contributed by atoms with Gasteiger partial charge in [0.15, 0.2) is 5.96 Å². The summed E-state index contributed by atoms with van der Waals surface area (Å²) < 4.78 is 0. The Balaban J connectivity index is 1.60. The van der Waals surface area contributed by atoms with Gasteiger partial charge in [-0.1, -0.05) is 90.6 Å². The van der Waals surface area contributed by atoms with Crippen molar-refractivity contribution < 1.29 is 0 Å². The maximum absolute atomic E-state index is 6.29. The number of nitrogens with one attached hydrogen (secondary N) is 1. The molecule has 0 saturated heterocycles. The summed E-state index contributed by atoms with van der Waals surface area (Å²) in [5.74, 6) is 0.983. The minimum absolute atomic E-state index is 0.0449. The van der Waals surface area contributed by atoms with Crippen LogP contribution < -0.4 is 5.32 Å². The molecule has 6 rings (SSSR count). The standard InChI is InChI=1S/C28H25Cl2N3/c29-21-14-10-19(11-15-21)26-25(18-6-2-1-3-7-18)27(20-12-16-22(30)17-13-20)33-24-9-5-4-8-23(24)31-28(33)32-26/h1-3,6-7,10-17,23-24,27H,4-5,8-9H2,(H,31,32). The van der Waals surface area contributed by atoms with Crippen molar-refractivity contribution in [1.82, 2.24) is 10.2 Å². The third-order valence-corrected chi connectivity index (χ3v) is 7.55. The zero-order chi connectivity index (χ0) is 22.4. The minimum Gasteiger partial charge on any atom is -0.326 e. The van der Waals surface area contributed by atoms with Crippen molar-refractivity contribution in [1.29, 1.82) is 0 Å². The van der Waals surface area contributed by atoms with Gasteiger partial charge in [0, 0.05) is 15.6 Å². The molecule has 0 bridgehead atoms. The Kier molecular flexibility index (Phi) is 5.40. The second-order valence-corrected chi connectivity index (χ2v) is 9.89. The fourth-order valence-corrected chi connectivity index (χ4v) is 5.80. The van der Waals surface area contributed by atoms with E-state index in [1.54, 1.807) is 0 Å². The van der Waals surface area contributed by atoms with E-state index in [4.69, 9.17) is 28.2 Å². The van der Waals surface area contributed by atoms with Crippen molar-refractivity contribution in [2.24, 2.45) is 4.99 Å². The highest BCUT2D eigenvalue weighted by molar-refractivity contribution is 6.30. The normalized spacial score (nSPS) is 24.1. The second-order valence-electron chi connectivity index (χ2n) is 9.02. The molecule has 0 spiro atoms. The summed E-state index contributed by atoms with van der Waals surface area (Å²) in [6.45, 7) is 0. The zero-order valence-corrected chi connectivity index (χ0v) is 19.7. The lowest BCUT2D eigenvalue weighted by Gasteiger charge is -2.44. The molecule has 3 aromatic carbocycles. The molecule has 3 aromatic rings. The molecule has 2 aliphatic heterocycles. The molecular weight excluding hydrogens is 449 g/mol. The number of aliphatic imine (C=N–C) groups is 1. The van der Waals surface area contributed by atoms with Crippen LogP contribution in [0.4, 0.5) is 0 Å². The highest BCUT2D eigenvalue weighted by atomic mass is 35.5. The molecular formula is C28H25Cl2N3. The Labute approximate surface area is 204 Å². The lowest BCUT2D eigenvalue weighted by molar-refractivity contribution is 0.217. The van der Waals surface area contributed by atoms with Crippen LogP contribution in [0.3, 0.4) is 0 Å². The van der Waals surface area contributed by atoms with Gasteiger partial charge in [0.25, 0.3) is 0 Å². The van der Waals surface area contributed by atoms with Crippen molar-refractivity contribution in [2.45, 2.75) is 43.8 Å². The molecule has 0 amide bonds. The average molecular weight is 474 g/mol. The molecule has 3 unspecified atom stereocenters. The summed E-state index contributed by atoms with van der Waals surface area (Å²) >= 11 is 12.5. The Morgan fingerprint density at radius 1 is 0.758 bits per heavy atom. The fourth-order valence-electron chi connectivity index (χ4n) is 5.55. The van der Waals surface area contributed by atoms with Gasteiger partial charge in [0.05, 0.1) is 23.8 Å². The maximum Gasteiger partial charge on any atom is 0.199 e. The summed E-state index contributed by atoms with van der Waals surface area (Å²) in [5, 5.41) is 5.24. The van der Waals surface area contributed by atoms with Crippen molar-refractivity contribution in [3.05, 3.63) is 106 Å². The van der Waals surface area contributed by atoms with Gasteiger partial charge in [-0.3, -0.25) is 0 Å². The smallest absolute Gasteiger partial charge is 0.199 e. The topological polar surface area (TPSA) is 27.6 Å². The molecule has 33 heavy (non-hydrogen) atoms. The molecule has 1 N–H and O–H groups in total. The highest BCUT2D eigenvalue weighted by Gasteiger charge is 2.46. The SMILES string of the molecule is Clc1ccc(C2=C(c3ccccc3)C(c3ccc(Cl)cc3)N3C(=NC4CCCCC43)N2)cc1. The first-order valence-electron chi connectivity index (χ1n) is 11.6. The average Bonchev–Trinajstić information content (AvgIpc) is 3.23. The molecule has 2 heterocycles. The first-order chi connectivity index (χ1) is 16.2. The van der Waals surface area contributed by atoms with Crippen molar-refractivity contribution >= 4 is 40.4 Å². The van der Waals surface area contributed by atoms with Gasteiger partial charge in [-0.25, -0.2) is 4.99 Å². The lowest BCUT2D eigenvalue weighted by Crippen LogP contribution is -2.50. The molecule has 1 saturated carbocycles. The first kappa shape index (κ1) is 20.8. The Bertz CT molecular complexity index is 1220. The molecule has 1 aliphatic carbocycles. The number of rotatable bonds is 3. The van der Waals surface area contributed by atoms with Crippen LogP contribution in [0, 0.1) is 0 Å². The summed E-state index contributed by atoms with van der Waals surface area (Å²) in [6.07, 6.45) is 4.82. The third kappa shape index (κ3) is 3.74. The third-order valence-electron chi connectivity index (χ3n) is 7.05. The molecule has 1 fully saturated rings. The number of benzene rings is 3. The van der Waals surface area contributed by atoms with Gasteiger partial charge in [0.1, 0.15) is 0 Å². The van der Waals surface area contributed by atoms with E-state index in [-0.39, 0.29) is 6.04 Å². The van der Waals surface area contributed by atoms with Gasteiger partial charge in [0.2, 0.25) is 0 Å². The minimum atomic E-state index is 0.0449. The van der Waals surface area contributed by atoms with E-state index in [2.05, 4.69) is 64.8 Å². The molecule has 0 aromatic heterocycles. The van der Waals surface area contributed by atoms with Crippen LogP contribution in [0.25, 0.3) is 11.3 Å². The van der Waals surface area contributed by atoms with Crippen LogP contribution >= 0.6 is 23.2 Å². The van der Waals surface area contributed by atoms with Crippen LogP contribution in [-0.4, -0.2) is 22.9 Å². The van der Waals surface area contributed by atoms with E-state index in [9.17, 15) is 0 Å². The van der Waals surface area contributed by atoms with Crippen LogP contribution in [0.2, 0.25) is 10.0 Å². The predicted octanol–water partition coefficient (Wildman–Crippen LogP) is 7.19. The van der Waals surface area contributed by atoms with Gasteiger partial charge in [-0.15, -0.1) is 0 Å². The Morgan fingerprint density at radius 2 is 1.42 bits per heavy atom. The number of guanidine groups is 1. The molecule has 3 nitrogen and oxygen atoms in total. The van der Waals surface area contributed by atoms with Gasteiger partial charge in [-0.05, 0) is 53.8 Å². The van der Waals surface area contributed by atoms with Gasteiger partial charge >= 0.3 is 0 Å². The number of nitrogens with zero attached hydrogens (tertiary/aromatic N) is 2. The Hall–Kier alpha value is -2.75. The number of hydrogen-bond donors (Lipinski definition) is 1. The molecule has 166 valence electrons. The monoisotopic (exact) mass is 473 g/mol. The van der Waals surface area contributed by atoms with Crippen molar-refractivity contribution in [2.75, 3.05) is 0 Å². The molecule has 3 atom stereocenters. The quantitative estimate of drug-likeness (QED) is 0.435. The van der Waals surface area contributed by atoms with Crippen LogP contribution in [0.5, 0.6) is 0 Å². The molecule has 0 radical (unpaired) electrons. The van der Waals surface area contributed by atoms with Crippen molar-refractivity contribution in [3.63, 3.8) is 0 Å². The van der Waals surface area contributed by atoms with E-state index >= 15 is 0 Å². The number of halogens is 2. The summed E-state index contributed by atoms with van der Waals surface area (Å²) in [4.78, 5) is 7.73. The maximum atomic E-state index is 6.29. The summed E-state index contributed by atoms with van der Waals surface area (Å²) in [5.41, 5.74) is 5.88. The largest absolute Gasteiger partial charge is 0.326 e. The molecule has 5 heteroatoms. The number of hydrogen-bond acceptors (Lipinski definition) is 3. The first-order valence-corrected chi connectivity index (χ1v) is 12.4. The number of fused-ring (bicyclic) bond motifs is 3. The van der Waals surface area contributed by atoms with Crippen LogP contribution in [0.15, 0.2) is 83.9 Å². The second kappa shape index (κ2) is 8.55. The van der Waals surface area contributed by atoms with E-state index in [0.29, 0.717) is 12.1 Å². The van der Waals surface area contributed by atoms with Crippen LogP contribution in [-0.2, 0) is 0 Å². The van der Waals surface area contributed by atoms with Gasteiger partial charge < -0.3 is 10.2 Å². The van der Waals surface area contributed by atoms with E-state index < -0.39 is 0 Å². The molecule has 3 aliphatic rings. The van der Waals surface area contributed by atoms with Gasteiger partial charge in [-0.2, -0.15) is 0 Å². The van der Waals surface area contributed by atoms with E-state index in [0.717, 1.165) is 33.7 Å². The summed E-state index contributed by atoms with van der Waals surface area (Å²) in [6, 6.07) is 27.9. The van der Waals surface area contributed by atoms with Crippen molar-refractivity contribution in [3.8, 4) is 0 Å². The predicted molar refractivity (Wildman–Crippen MR) is 137 cm³/mol. The van der Waals surface area contributed by atoms with E-state index in [1.807, 2.05) is 24.3 Å².